The fourth-order valence-electron chi connectivity index (χ4n) is 1.93. The van der Waals surface area contributed by atoms with Crippen LogP contribution in [0.15, 0.2) is 40.2 Å². The molecule has 0 saturated carbocycles. The van der Waals surface area contributed by atoms with Gasteiger partial charge in [-0.1, -0.05) is 25.5 Å². The third-order valence-electron chi connectivity index (χ3n) is 2.98. The molecule has 0 aliphatic heterocycles. The Labute approximate surface area is 142 Å². The standard InChI is InChI=1S/C16H17BrN2O2S/c1-2-3-11-4-6-12(7-5-11)19-15(20)10-18-16(21)13-8-9-14(17)22-13/h4-9H,2-3,10H2,1H3,(H,18,21)(H,19,20). The molecule has 1 aromatic carbocycles. The van der Waals surface area contributed by atoms with E-state index in [1.54, 1.807) is 12.1 Å². The second-order valence-electron chi connectivity index (χ2n) is 4.78. The normalized spacial score (nSPS) is 10.3. The Kier molecular flexibility index (Phi) is 6.15. The van der Waals surface area contributed by atoms with Crippen LogP contribution in [0, 0.1) is 0 Å². The Morgan fingerprint density at radius 1 is 1.14 bits per heavy atom. The van der Waals surface area contributed by atoms with Gasteiger partial charge in [0.25, 0.3) is 5.91 Å². The molecule has 1 aromatic heterocycles. The molecule has 2 amide bonds. The fraction of sp³-hybridized carbons (Fsp3) is 0.250. The van der Waals surface area contributed by atoms with E-state index in [-0.39, 0.29) is 18.4 Å². The second-order valence-corrected chi connectivity index (χ2v) is 7.24. The molecule has 0 bridgehead atoms. The van der Waals surface area contributed by atoms with Gasteiger partial charge in [0, 0.05) is 5.69 Å². The second kappa shape index (κ2) is 8.10. The van der Waals surface area contributed by atoms with Crippen LogP contribution < -0.4 is 10.6 Å². The largest absolute Gasteiger partial charge is 0.342 e. The van der Waals surface area contributed by atoms with Crippen molar-refractivity contribution in [3.05, 3.63) is 50.6 Å². The number of aryl methyl sites for hydroxylation is 1. The Morgan fingerprint density at radius 3 is 2.45 bits per heavy atom. The number of halogens is 1. The molecule has 2 rings (SSSR count). The first-order valence-electron chi connectivity index (χ1n) is 7.01. The van der Waals surface area contributed by atoms with Crippen molar-refractivity contribution < 1.29 is 9.59 Å². The van der Waals surface area contributed by atoms with Gasteiger partial charge in [-0.2, -0.15) is 0 Å². The highest BCUT2D eigenvalue weighted by atomic mass is 79.9. The van der Waals surface area contributed by atoms with Crippen molar-refractivity contribution in [2.24, 2.45) is 0 Å². The number of carbonyl (C=O) groups is 2. The van der Waals surface area contributed by atoms with Gasteiger partial charge in [-0.15, -0.1) is 11.3 Å². The third-order valence-corrected chi connectivity index (χ3v) is 4.61. The number of amides is 2. The molecule has 0 fully saturated rings. The molecule has 0 spiro atoms. The van der Waals surface area contributed by atoms with E-state index in [4.69, 9.17) is 0 Å². The van der Waals surface area contributed by atoms with Crippen LogP contribution in [0.2, 0.25) is 0 Å². The lowest BCUT2D eigenvalue weighted by Crippen LogP contribution is -2.32. The summed E-state index contributed by atoms with van der Waals surface area (Å²) >= 11 is 4.63. The number of anilines is 1. The average Bonchev–Trinajstić information content (AvgIpc) is 2.94. The highest BCUT2D eigenvalue weighted by Crippen LogP contribution is 2.21. The summed E-state index contributed by atoms with van der Waals surface area (Å²) in [6.45, 7) is 2.08. The molecule has 1 heterocycles. The lowest BCUT2D eigenvalue weighted by atomic mass is 10.1. The highest BCUT2D eigenvalue weighted by molar-refractivity contribution is 9.11. The van der Waals surface area contributed by atoms with Crippen molar-refractivity contribution in [1.82, 2.24) is 5.32 Å². The zero-order valence-electron chi connectivity index (χ0n) is 12.2. The number of thiophene rings is 1. The summed E-state index contributed by atoms with van der Waals surface area (Å²) in [7, 11) is 0. The van der Waals surface area contributed by atoms with Crippen LogP contribution in [0.25, 0.3) is 0 Å². The maximum absolute atomic E-state index is 11.8. The molecular weight excluding hydrogens is 364 g/mol. The van der Waals surface area contributed by atoms with Gasteiger partial charge in [0.1, 0.15) is 0 Å². The van der Waals surface area contributed by atoms with E-state index >= 15 is 0 Å². The minimum atomic E-state index is -0.246. The van der Waals surface area contributed by atoms with E-state index in [0.717, 1.165) is 22.3 Å². The Balaban J connectivity index is 1.81. The maximum Gasteiger partial charge on any atom is 0.261 e. The first-order valence-corrected chi connectivity index (χ1v) is 8.61. The number of hydrogen-bond acceptors (Lipinski definition) is 3. The van der Waals surface area contributed by atoms with Crippen molar-refractivity contribution in [2.45, 2.75) is 19.8 Å². The summed E-state index contributed by atoms with van der Waals surface area (Å²) in [6, 6.07) is 11.3. The van der Waals surface area contributed by atoms with E-state index in [1.807, 2.05) is 24.3 Å². The Hall–Kier alpha value is -1.66. The van der Waals surface area contributed by atoms with Crippen LogP contribution in [0.1, 0.15) is 28.6 Å². The Morgan fingerprint density at radius 2 is 1.86 bits per heavy atom. The van der Waals surface area contributed by atoms with Crippen molar-refractivity contribution in [3.8, 4) is 0 Å². The molecule has 22 heavy (non-hydrogen) atoms. The number of hydrogen-bond donors (Lipinski definition) is 2. The minimum absolute atomic E-state index is 0.0505. The zero-order valence-corrected chi connectivity index (χ0v) is 14.6. The summed E-state index contributed by atoms with van der Waals surface area (Å²) in [5, 5.41) is 5.37. The van der Waals surface area contributed by atoms with E-state index in [1.165, 1.54) is 16.9 Å². The summed E-state index contributed by atoms with van der Waals surface area (Å²) in [5.74, 6) is -0.489. The number of benzene rings is 1. The lowest BCUT2D eigenvalue weighted by molar-refractivity contribution is -0.115. The van der Waals surface area contributed by atoms with E-state index in [9.17, 15) is 9.59 Å². The molecule has 0 saturated heterocycles. The van der Waals surface area contributed by atoms with Crippen molar-refractivity contribution >= 4 is 44.8 Å². The van der Waals surface area contributed by atoms with Gasteiger partial charge in [0.05, 0.1) is 15.2 Å². The molecule has 0 atom stereocenters. The van der Waals surface area contributed by atoms with Crippen molar-refractivity contribution in [1.29, 1.82) is 0 Å². The van der Waals surface area contributed by atoms with Gasteiger partial charge in [-0.25, -0.2) is 0 Å². The van der Waals surface area contributed by atoms with Crippen molar-refractivity contribution in [3.63, 3.8) is 0 Å². The molecular formula is C16H17BrN2O2S. The summed E-state index contributed by atoms with van der Waals surface area (Å²) in [5.41, 5.74) is 1.98. The molecule has 0 aliphatic carbocycles. The third kappa shape index (κ3) is 4.96. The molecule has 0 radical (unpaired) electrons. The maximum atomic E-state index is 11.8. The Bertz CT molecular complexity index is 652. The van der Waals surface area contributed by atoms with Crippen LogP contribution in [0.4, 0.5) is 5.69 Å². The predicted octanol–water partition coefficient (Wildman–Crippen LogP) is 3.83. The summed E-state index contributed by atoms with van der Waals surface area (Å²) in [4.78, 5) is 24.2. The molecule has 2 N–H and O–H groups in total. The molecule has 116 valence electrons. The van der Waals surface area contributed by atoms with Crippen molar-refractivity contribution in [2.75, 3.05) is 11.9 Å². The van der Waals surface area contributed by atoms with Gasteiger partial charge in [-0.3, -0.25) is 9.59 Å². The van der Waals surface area contributed by atoms with Crippen LogP contribution >= 0.6 is 27.3 Å². The average molecular weight is 381 g/mol. The summed E-state index contributed by atoms with van der Waals surface area (Å²) < 4.78 is 0.884. The summed E-state index contributed by atoms with van der Waals surface area (Å²) in [6.07, 6.45) is 2.12. The van der Waals surface area contributed by atoms with Crippen LogP contribution in [-0.2, 0) is 11.2 Å². The predicted molar refractivity (Wildman–Crippen MR) is 93.4 cm³/mol. The molecule has 4 nitrogen and oxygen atoms in total. The van der Waals surface area contributed by atoms with Gasteiger partial charge in [-0.05, 0) is 52.2 Å². The van der Waals surface area contributed by atoms with Gasteiger partial charge in [0.15, 0.2) is 0 Å². The fourth-order valence-corrected chi connectivity index (χ4v) is 3.24. The van der Waals surface area contributed by atoms with E-state index < -0.39 is 0 Å². The van der Waals surface area contributed by atoms with E-state index in [2.05, 4.69) is 33.5 Å². The zero-order chi connectivity index (χ0) is 15.9. The smallest absolute Gasteiger partial charge is 0.261 e. The molecule has 0 aliphatic rings. The first-order chi connectivity index (χ1) is 10.6. The van der Waals surface area contributed by atoms with Crippen LogP contribution in [0.3, 0.4) is 0 Å². The minimum Gasteiger partial charge on any atom is -0.342 e. The van der Waals surface area contributed by atoms with Crippen LogP contribution in [-0.4, -0.2) is 18.4 Å². The topological polar surface area (TPSA) is 58.2 Å². The number of nitrogens with one attached hydrogen (secondary N) is 2. The SMILES string of the molecule is CCCc1ccc(NC(=O)CNC(=O)c2ccc(Br)s2)cc1. The van der Waals surface area contributed by atoms with Gasteiger partial charge < -0.3 is 10.6 Å². The lowest BCUT2D eigenvalue weighted by Gasteiger charge is -2.07. The quantitative estimate of drug-likeness (QED) is 0.799. The van der Waals surface area contributed by atoms with Crippen LogP contribution in [0.5, 0.6) is 0 Å². The molecule has 6 heteroatoms. The molecule has 2 aromatic rings. The number of carbonyl (C=O) groups excluding carboxylic acids is 2. The molecule has 0 unspecified atom stereocenters. The number of rotatable bonds is 6. The monoisotopic (exact) mass is 380 g/mol. The van der Waals surface area contributed by atoms with E-state index in [0.29, 0.717) is 4.88 Å². The van der Waals surface area contributed by atoms with Gasteiger partial charge >= 0.3 is 0 Å². The van der Waals surface area contributed by atoms with Gasteiger partial charge in [0.2, 0.25) is 5.91 Å². The highest BCUT2D eigenvalue weighted by Gasteiger charge is 2.10. The first kappa shape index (κ1) is 16.7.